The van der Waals surface area contributed by atoms with Crippen molar-refractivity contribution < 1.29 is 0 Å². The fraction of sp³-hybridized carbons (Fsp3) is 0.417. The van der Waals surface area contributed by atoms with E-state index in [4.69, 9.17) is 16.9 Å². The lowest BCUT2D eigenvalue weighted by molar-refractivity contribution is 0.701. The molecule has 16 heavy (non-hydrogen) atoms. The molecule has 2 nitrogen and oxygen atoms in total. The first-order chi connectivity index (χ1) is 7.60. The minimum atomic E-state index is 0.198. The highest BCUT2D eigenvalue weighted by Gasteiger charge is 2.13. The molecule has 0 saturated heterocycles. The summed E-state index contributed by atoms with van der Waals surface area (Å²) in [4.78, 5) is 2.11. The Morgan fingerprint density at radius 3 is 2.81 bits per heavy atom. The minimum Gasteiger partial charge on any atom is -0.371 e. The van der Waals surface area contributed by atoms with Crippen LogP contribution in [0.2, 0.25) is 5.02 Å². The Morgan fingerprint density at radius 2 is 2.25 bits per heavy atom. The Hall–Kier alpha value is -0.720. The molecule has 1 aromatic carbocycles. The molecular formula is C12H14BrClN2. The molecule has 0 heterocycles. The number of nitriles is 1. The van der Waals surface area contributed by atoms with Crippen molar-refractivity contribution in [3.05, 3.63) is 28.8 Å². The molecule has 0 spiro atoms. The van der Waals surface area contributed by atoms with Gasteiger partial charge in [-0.25, -0.2) is 0 Å². The predicted octanol–water partition coefficient (Wildman–Crippen LogP) is 3.97. The van der Waals surface area contributed by atoms with E-state index in [9.17, 15) is 0 Å². The summed E-state index contributed by atoms with van der Waals surface area (Å²) in [6, 6.07) is 8.20. The zero-order chi connectivity index (χ0) is 12.1. The van der Waals surface area contributed by atoms with Gasteiger partial charge in [0.15, 0.2) is 0 Å². The van der Waals surface area contributed by atoms with Crippen LogP contribution in [0.1, 0.15) is 18.9 Å². The maximum atomic E-state index is 8.70. The van der Waals surface area contributed by atoms with Crippen molar-refractivity contribution in [3.63, 3.8) is 0 Å². The number of alkyl halides is 1. The summed E-state index contributed by atoms with van der Waals surface area (Å²) in [6.07, 6.45) is 0.515. The normalized spacial score (nSPS) is 11.9. The first-order valence-corrected chi connectivity index (χ1v) is 6.54. The molecule has 86 valence electrons. The molecule has 0 aliphatic heterocycles. The van der Waals surface area contributed by atoms with Crippen molar-refractivity contribution in [2.24, 2.45) is 0 Å². The fourth-order valence-corrected chi connectivity index (χ4v) is 2.16. The number of hydrogen-bond acceptors (Lipinski definition) is 2. The Morgan fingerprint density at radius 1 is 1.56 bits per heavy atom. The average molecular weight is 302 g/mol. The Balaban J connectivity index is 2.99. The third-order valence-electron chi connectivity index (χ3n) is 2.61. The number of hydrogen-bond donors (Lipinski definition) is 0. The van der Waals surface area contributed by atoms with Crippen LogP contribution < -0.4 is 4.90 Å². The molecule has 0 fully saturated rings. The van der Waals surface area contributed by atoms with Crippen LogP contribution in [-0.4, -0.2) is 13.1 Å². The molecule has 1 atom stereocenters. The lowest BCUT2D eigenvalue weighted by Crippen LogP contribution is -2.29. The van der Waals surface area contributed by atoms with Crippen LogP contribution in [0.3, 0.4) is 0 Å². The van der Waals surface area contributed by atoms with Gasteiger partial charge in [0.1, 0.15) is 0 Å². The fourth-order valence-electron chi connectivity index (χ4n) is 1.51. The van der Waals surface area contributed by atoms with Gasteiger partial charge in [0, 0.05) is 29.1 Å². The highest BCUT2D eigenvalue weighted by Crippen LogP contribution is 2.27. The smallest absolute Gasteiger partial charge is 0.0643 e. The van der Waals surface area contributed by atoms with E-state index in [2.05, 4.69) is 26.9 Å². The molecule has 0 N–H and O–H groups in total. The average Bonchev–Trinajstić information content (AvgIpc) is 2.28. The molecule has 4 heteroatoms. The summed E-state index contributed by atoms with van der Waals surface area (Å²) in [7, 11) is 2.00. The van der Waals surface area contributed by atoms with Gasteiger partial charge >= 0.3 is 0 Å². The number of nitrogens with zero attached hydrogens (tertiary/aromatic N) is 2. The predicted molar refractivity (Wildman–Crippen MR) is 72.2 cm³/mol. The highest BCUT2D eigenvalue weighted by atomic mass is 79.9. The van der Waals surface area contributed by atoms with Crippen molar-refractivity contribution in [2.75, 3.05) is 11.9 Å². The van der Waals surface area contributed by atoms with Crippen molar-refractivity contribution in [1.82, 2.24) is 0 Å². The molecule has 0 radical (unpaired) electrons. The van der Waals surface area contributed by atoms with Gasteiger partial charge in [0.05, 0.1) is 12.5 Å². The second-order valence-corrected chi connectivity index (χ2v) is 4.73. The van der Waals surface area contributed by atoms with Crippen LogP contribution in [-0.2, 0) is 5.33 Å². The van der Waals surface area contributed by atoms with Crippen LogP contribution in [0.25, 0.3) is 0 Å². The summed E-state index contributed by atoms with van der Waals surface area (Å²) in [5.41, 5.74) is 2.25. The molecule has 0 aliphatic carbocycles. The van der Waals surface area contributed by atoms with Crippen LogP contribution in [0.5, 0.6) is 0 Å². The molecular weight excluding hydrogens is 288 g/mol. The molecule has 0 aromatic heterocycles. The van der Waals surface area contributed by atoms with E-state index in [-0.39, 0.29) is 6.04 Å². The third kappa shape index (κ3) is 3.13. The standard InChI is InChI=1S/C12H14BrClN2/c1-9(5-6-15)16(2)12-4-3-11(14)7-10(12)8-13/h3-4,7,9H,5,8H2,1-2H3. The zero-order valence-electron chi connectivity index (χ0n) is 9.37. The second kappa shape index (κ2) is 6.12. The summed E-state index contributed by atoms with van der Waals surface area (Å²) in [5, 5.41) is 10.2. The number of halogens is 2. The molecule has 1 unspecified atom stereocenters. The molecule has 0 saturated carbocycles. The Labute approximate surface area is 110 Å². The minimum absolute atomic E-state index is 0.198. The van der Waals surface area contributed by atoms with Gasteiger partial charge in [-0.2, -0.15) is 5.26 Å². The number of rotatable bonds is 4. The molecule has 1 rings (SSSR count). The topological polar surface area (TPSA) is 27.0 Å². The van der Waals surface area contributed by atoms with E-state index in [1.54, 1.807) is 0 Å². The van der Waals surface area contributed by atoms with Gasteiger partial charge in [0.2, 0.25) is 0 Å². The summed E-state index contributed by atoms with van der Waals surface area (Å²) in [5.74, 6) is 0. The first kappa shape index (κ1) is 13.3. The van der Waals surface area contributed by atoms with E-state index in [0.29, 0.717) is 6.42 Å². The maximum absolute atomic E-state index is 8.70. The molecule has 1 aromatic rings. The lowest BCUT2D eigenvalue weighted by atomic mass is 10.1. The molecule has 0 aliphatic rings. The molecule has 0 bridgehead atoms. The Kier molecular flexibility index (Phi) is 5.11. The number of benzene rings is 1. The van der Waals surface area contributed by atoms with Crippen molar-refractivity contribution in [2.45, 2.75) is 24.7 Å². The van der Waals surface area contributed by atoms with E-state index in [0.717, 1.165) is 21.6 Å². The van der Waals surface area contributed by atoms with Crippen LogP contribution in [0.15, 0.2) is 18.2 Å². The van der Waals surface area contributed by atoms with Crippen molar-refractivity contribution >= 4 is 33.2 Å². The van der Waals surface area contributed by atoms with Gasteiger partial charge in [-0.15, -0.1) is 0 Å². The summed E-state index contributed by atoms with van der Waals surface area (Å²) >= 11 is 9.40. The van der Waals surface area contributed by atoms with Crippen LogP contribution in [0, 0.1) is 11.3 Å². The quantitative estimate of drug-likeness (QED) is 0.787. The monoisotopic (exact) mass is 300 g/mol. The first-order valence-electron chi connectivity index (χ1n) is 5.04. The van der Waals surface area contributed by atoms with E-state index >= 15 is 0 Å². The lowest BCUT2D eigenvalue weighted by Gasteiger charge is -2.27. The summed E-state index contributed by atoms with van der Waals surface area (Å²) in [6.45, 7) is 2.04. The second-order valence-electron chi connectivity index (χ2n) is 3.73. The van der Waals surface area contributed by atoms with E-state index in [1.807, 2.05) is 32.2 Å². The van der Waals surface area contributed by atoms with E-state index in [1.165, 1.54) is 0 Å². The maximum Gasteiger partial charge on any atom is 0.0643 e. The van der Waals surface area contributed by atoms with Gasteiger partial charge < -0.3 is 4.90 Å². The van der Waals surface area contributed by atoms with Crippen LogP contribution >= 0.6 is 27.5 Å². The van der Waals surface area contributed by atoms with Gasteiger partial charge in [-0.3, -0.25) is 0 Å². The summed E-state index contributed by atoms with van der Waals surface area (Å²) < 4.78 is 0. The van der Waals surface area contributed by atoms with Gasteiger partial charge in [-0.05, 0) is 30.7 Å². The van der Waals surface area contributed by atoms with Crippen molar-refractivity contribution in [3.8, 4) is 6.07 Å². The SMILES string of the molecule is CC(CC#N)N(C)c1ccc(Cl)cc1CBr. The Bertz CT molecular complexity index is 400. The third-order valence-corrected chi connectivity index (χ3v) is 3.45. The zero-order valence-corrected chi connectivity index (χ0v) is 11.7. The number of anilines is 1. The largest absolute Gasteiger partial charge is 0.371 e. The van der Waals surface area contributed by atoms with E-state index < -0.39 is 0 Å². The highest BCUT2D eigenvalue weighted by molar-refractivity contribution is 9.08. The molecule has 0 amide bonds. The van der Waals surface area contributed by atoms with Gasteiger partial charge in [0.25, 0.3) is 0 Å². The van der Waals surface area contributed by atoms with Gasteiger partial charge in [-0.1, -0.05) is 27.5 Å². The van der Waals surface area contributed by atoms with Crippen LogP contribution in [0.4, 0.5) is 5.69 Å². The van der Waals surface area contributed by atoms with Crippen molar-refractivity contribution in [1.29, 1.82) is 5.26 Å².